The van der Waals surface area contributed by atoms with Crippen LogP contribution in [0.3, 0.4) is 0 Å². The Hall–Kier alpha value is -1.99. The second-order valence-electron chi connectivity index (χ2n) is 6.56. The summed E-state index contributed by atoms with van der Waals surface area (Å²) in [6, 6.07) is 3.88. The second kappa shape index (κ2) is 8.40. The van der Waals surface area contributed by atoms with Crippen LogP contribution >= 0.6 is 0 Å². The number of nitrogens with one attached hydrogen (secondary N) is 1. The summed E-state index contributed by atoms with van der Waals surface area (Å²) in [6.45, 7) is 5.18. The maximum atomic E-state index is 11.0. The Morgan fingerprint density at radius 3 is 2.84 bits per heavy atom. The highest BCUT2D eigenvalue weighted by molar-refractivity contribution is 5.67. The summed E-state index contributed by atoms with van der Waals surface area (Å²) in [5.74, 6) is 1.60. The maximum absolute atomic E-state index is 11.0. The molecule has 7 nitrogen and oxygen atoms in total. The lowest BCUT2D eigenvalue weighted by Crippen LogP contribution is -2.30. The van der Waals surface area contributed by atoms with Crippen molar-refractivity contribution >= 4 is 5.97 Å². The monoisotopic (exact) mass is 350 g/mol. The molecular formula is C18H26N2O5. The third-order valence-corrected chi connectivity index (χ3v) is 4.56. The van der Waals surface area contributed by atoms with Crippen molar-refractivity contribution in [2.24, 2.45) is 5.92 Å². The first-order chi connectivity index (χ1) is 12.2. The molecule has 2 N–H and O–H groups in total. The molecule has 0 aliphatic carbocycles. The third kappa shape index (κ3) is 4.76. The summed E-state index contributed by atoms with van der Waals surface area (Å²) in [7, 11) is 1.65. The van der Waals surface area contributed by atoms with Gasteiger partial charge in [0.2, 0.25) is 0 Å². The van der Waals surface area contributed by atoms with E-state index in [4.69, 9.17) is 19.3 Å². The van der Waals surface area contributed by atoms with Crippen LogP contribution in [0.5, 0.6) is 17.2 Å². The van der Waals surface area contributed by atoms with Crippen LogP contribution in [0.1, 0.15) is 18.4 Å². The number of carboxylic acid groups (broad SMARTS) is 1. The minimum absolute atomic E-state index is 0.103. The number of hydrogen-bond acceptors (Lipinski definition) is 6. The predicted octanol–water partition coefficient (Wildman–Crippen LogP) is 1.35. The van der Waals surface area contributed by atoms with Crippen LogP contribution < -0.4 is 19.5 Å². The van der Waals surface area contributed by atoms with E-state index in [0.29, 0.717) is 19.8 Å². The van der Waals surface area contributed by atoms with Gasteiger partial charge < -0.3 is 24.6 Å². The molecule has 0 aromatic heterocycles. The normalized spacial score (nSPS) is 21.2. The van der Waals surface area contributed by atoms with E-state index in [9.17, 15) is 4.79 Å². The van der Waals surface area contributed by atoms with Gasteiger partial charge in [0.15, 0.2) is 11.5 Å². The topological polar surface area (TPSA) is 80.3 Å². The SMILES string of the molecule is COc1cc2c(cc1CN1CCNCC(CC(=O)O)C1)OCCCO2. The largest absolute Gasteiger partial charge is 0.496 e. The zero-order chi connectivity index (χ0) is 17.6. The number of rotatable bonds is 5. The summed E-state index contributed by atoms with van der Waals surface area (Å²) in [5.41, 5.74) is 1.03. The Bertz CT molecular complexity index is 607. The maximum Gasteiger partial charge on any atom is 0.303 e. The Morgan fingerprint density at radius 2 is 2.12 bits per heavy atom. The van der Waals surface area contributed by atoms with E-state index in [1.807, 2.05) is 12.1 Å². The van der Waals surface area contributed by atoms with Crippen molar-refractivity contribution in [3.8, 4) is 17.2 Å². The van der Waals surface area contributed by atoms with E-state index >= 15 is 0 Å². The molecule has 0 radical (unpaired) electrons. The number of aliphatic carboxylic acids is 1. The molecule has 2 heterocycles. The van der Waals surface area contributed by atoms with Crippen LogP contribution in [0.2, 0.25) is 0 Å². The zero-order valence-electron chi connectivity index (χ0n) is 14.6. The molecule has 1 atom stereocenters. The molecule has 1 unspecified atom stereocenters. The van der Waals surface area contributed by atoms with Crippen molar-refractivity contribution in [2.45, 2.75) is 19.4 Å². The summed E-state index contributed by atoms with van der Waals surface area (Å²) < 4.78 is 17.1. The number of fused-ring (bicyclic) bond motifs is 1. The summed E-state index contributed by atoms with van der Waals surface area (Å²) >= 11 is 0. The Labute approximate surface area is 147 Å². The van der Waals surface area contributed by atoms with E-state index in [1.165, 1.54) is 0 Å². The molecule has 0 bridgehead atoms. The molecule has 1 aromatic rings. The molecule has 1 aromatic carbocycles. The minimum Gasteiger partial charge on any atom is -0.496 e. The lowest BCUT2D eigenvalue weighted by atomic mass is 10.0. The summed E-state index contributed by atoms with van der Waals surface area (Å²) in [5, 5.41) is 12.4. The van der Waals surface area contributed by atoms with Gasteiger partial charge in [-0.25, -0.2) is 0 Å². The van der Waals surface area contributed by atoms with Gasteiger partial charge in [-0.3, -0.25) is 9.69 Å². The molecule has 7 heteroatoms. The van der Waals surface area contributed by atoms with Gasteiger partial charge in [0.1, 0.15) is 5.75 Å². The number of ether oxygens (including phenoxy) is 3. The Kier molecular flexibility index (Phi) is 5.99. The van der Waals surface area contributed by atoms with Gasteiger partial charge in [0.25, 0.3) is 0 Å². The minimum atomic E-state index is -0.748. The summed E-state index contributed by atoms with van der Waals surface area (Å²) in [6.07, 6.45) is 1.04. The van der Waals surface area contributed by atoms with Crippen molar-refractivity contribution < 1.29 is 24.1 Å². The standard InChI is InChI=1S/C18H26N2O5/c1-23-15-9-17-16(24-5-2-6-25-17)8-14(15)12-20-4-3-19-10-13(11-20)7-18(21)22/h8-9,13,19H,2-7,10-12H2,1H3,(H,21,22). The molecule has 2 aliphatic rings. The van der Waals surface area contributed by atoms with E-state index in [0.717, 1.165) is 55.4 Å². The molecule has 0 spiro atoms. The second-order valence-corrected chi connectivity index (χ2v) is 6.56. The summed E-state index contributed by atoms with van der Waals surface area (Å²) in [4.78, 5) is 13.3. The molecule has 3 rings (SSSR count). The predicted molar refractivity (Wildman–Crippen MR) is 92.5 cm³/mol. The average molecular weight is 350 g/mol. The average Bonchev–Trinajstić information content (AvgIpc) is 2.93. The molecule has 1 fully saturated rings. The van der Waals surface area contributed by atoms with Crippen molar-refractivity contribution in [1.29, 1.82) is 0 Å². The van der Waals surface area contributed by atoms with Crippen molar-refractivity contribution in [3.05, 3.63) is 17.7 Å². The van der Waals surface area contributed by atoms with Gasteiger partial charge >= 0.3 is 5.97 Å². The highest BCUT2D eigenvalue weighted by atomic mass is 16.5. The van der Waals surface area contributed by atoms with Gasteiger partial charge in [-0.1, -0.05) is 0 Å². The quantitative estimate of drug-likeness (QED) is 0.830. The van der Waals surface area contributed by atoms with E-state index < -0.39 is 5.97 Å². The number of methoxy groups -OCH3 is 1. The lowest BCUT2D eigenvalue weighted by Gasteiger charge is -2.24. The van der Waals surface area contributed by atoms with Crippen molar-refractivity contribution in [2.75, 3.05) is 46.5 Å². The number of nitrogens with zero attached hydrogens (tertiary/aromatic N) is 1. The number of hydrogen-bond donors (Lipinski definition) is 2. The highest BCUT2D eigenvalue weighted by Crippen LogP contribution is 2.37. The van der Waals surface area contributed by atoms with Gasteiger partial charge in [-0.2, -0.15) is 0 Å². The smallest absolute Gasteiger partial charge is 0.303 e. The number of benzene rings is 1. The molecular weight excluding hydrogens is 324 g/mol. The highest BCUT2D eigenvalue weighted by Gasteiger charge is 2.22. The van der Waals surface area contributed by atoms with Gasteiger partial charge in [0, 0.05) is 44.2 Å². The van der Waals surface area contributed by atoms with Crippen LogP contribution in [0.15, 0.2) is 12.1 Å². The Balaban J connectivity index is 1.76. The van der Waals surface area contributed by atoms with E-state index in [-0.39, 0.29) is 12.3 Å². The lowest BCUT2D eigenvalue weighted by molar-refractivity contribution is -0.138. The van der Waals surface area contributed by atoms with Crippen LogP contribution in [0.25, 0.3) is 0 Å². The van der Waals surface area contributed by atoms with Crippen LogP contribution in [0, 0.1) is 5.92 Å². The first kappa shape index (κ1) is 17.8. The fourth-order valence-electron chi connectivity index (χ4n) is 3.38. The van der Waals surface area contributed by atoms with Crippen LogP contribution in [0.4, 0.5) is 0 Å². The van der Waals surface area contributed by atoms with Gasteiger partial charge in [-0.05, 0) is 18.5 Å². The van der Waals surface area contributed by atoms with Gasteiger partial charge in [-0.15, -0.1) is 0 Å². The first-order valence-corrected chi connectivity index (χ1v) is 8.77. The number of carboxylic acids is 1. The fraction of sp³-hybridized carbons (Fsp3) is 0.611. The van der Waals surface area contributed by atoms with E-state index in [2.05, 4.69) is 10.2 Å². The third-order valence-electron chi connectivity index (χ3n) is 4.56. The van der Waals surface area contributed by atoms with E-state index in [1.54, 1.807) is 7.11 Å². The Morgan fingerprint density at radius 1 is 1.36 bits per heavy atom. The molecule has 25 heavy (non-hydrogen) atoms. The molecule has 2 aliphatic heterocycles. The fourth-order valence-corrected chi connectivity index (χ4v) is 3.38. The molecule has 0 saturated carbocycles. The van der Waals surface area contributed by atoms with Crippen LogP contribution in [-0.2, 0) is 11.3 Å². The number of carbonyl (C=O) groups is 1. The van der Waals surface area contributed by atoms with Gasteiger partial charge in [0.05, 0.1) is 26.7 Å². The van der Waals surface area contributed by atoms with Crippen molar-refractivity contribution in [1.82, 2.24) is 10.2 Å². The zero-order valence-corrected chi connectivity index (χ0v) is 14.6. The molecule has 0 amide bonds. The molecule has 1 saturated heterocycles. The van der Waals surface area contributed by atoms with Crippen LogP contribution in [-0.4, -0.2) is 62.5 Å². The first-order valence-electron chi connectivity index (χ1n) is 8.77. The van der Waals surface area contributed by atoms with Crippen molar-refractivity contribution in [3.63, 3.8) is 0 Å². The molecule has 138 valence electrons.